The second-order valence-corrected chi connectivity index (χ2v) is 13.0. The van der Waals surface area contributed by atoms with Gasteiger partial charge in [-0.05, 0) is 40.0 Å². The molecule has 1 saturated heterocycles. The van der Waals surface area contributed by atoms with Gasteiger partial charge in [0, 0.05) is 36.8 Å². The summed E-state index contributed by atoms with van der Waals surface area (Å²) >= 11 is 7.57. The molecule has 1 unspecified atom stereocenters. The highest BCUT2D eigenvalue weighted by Gasteiger charge is 2.32. The van der Waals surface area contributed by atoms with Gasteiger partial charge in [0.2, 0.25) is 11.8 Å². The zero-order valence-corrected chi connectivity index (χ0v) is 24.4. The smallest absolute Gasteiger partial charge is 0.258 e. The minimum absolute atomic E-state index is 0.00717. The Balaban J connectivity index is 1.27. The average Bonchev–Trinajstić information content (AvgIpc) is 3.49. The maximum absolute atomic E-state index is 12.3. The maximum Gasteiger partial charge on any atom is 0.258 e. The normalized spacial score (nSPS) is 16.7. The van der Waals surface area contributed by atoms with Crippen LogP contribution in [0.2, 0.25) is 5.02 Å². The van der Waals surface area contributed by atoms with Crippen molar-refractivity contribution in [2.75, 3.05) is 12.4 Å². The number of amides is 3. The molecular weight excluding hydrogens is 582 g/mol. The van der Waals surface area contributed by atoms with Crippen LogP contribution in [0.15, 0.2) is 54.6 Å². The molecule has 8 nitrogen and oxygen atoms in total. The van der Waals surface area contributed by atoms with Gasteiger partial charge in [0.25, 0.3) is 5.91 Å². The quantitative estimate of drug-likeness (QED) is 0.228. The number of fused-ring (bicyclic) bond motifs is 3. The predicted molar refractivity (Wildman–Crippen MR) is 159 cm³/mol. The van der Waals surface area contributed by atoms with Crippen molar-refractivity contribution >= 4 is 62.1 Å². The van der Waals surface area contributed by atoms with Crippen LogP contribution in [-0.2, 0) is 50.8 Å². The van der Waals surface area contributed by atoms with Crippen molar-refractivity contribution in [3.63, 3.8) is 0 Å². The summed E-state index contributed by atoms with van der Waals surface area (Å²) < 4.78 is 18.0. The van der Waals surface area contributed by atoms with Crippen LogP contribution in [0.25, 0.3) is 21.3 Å². The van der Waals surface area contributed by atoms with Gasteiger partial charge in [0.1, 0.15) is 22.1 Å². The van der Waals surface area contributed by atoms with E-state index < -0.39 is 11.2 Å². The third-order valence-electron chi connectivity index (χ3n) is 7.21. The summed E-state index contributed by atoms with van der Waals surface area (Å²) in [6.07, 6.45) is 1.04. The molecule has 0 aliphatic carbocycles. The highest BCUT2D eigenvalue weighted by Crippen LogP contribution is 2.45. The molecule has 2 aliphatic rings. The molecule has 0 saturated carbocycles. The van der Waals surface area contributed by atoms with Crippen molar-refractivity contribution < 1.29 is 23.7 Å². The minimum Gasteiger partial charge on any atom is -0.616 e. The van der Waals surface area contributed by atoms with Crippen LogP contribution in [0.3, 0.4) is 0 Å². The van der Waals surface area contributed by atoms with Crippen molar-refractivity contribution in [3.05, 3.63) is 81.3 Å². The average molecular weight is 608 g/mol. The molecule has 3 amide bonds. The number of rotatable bonds is 8. The van der Waals surface area contributed by atoms with Crippen molar-refractivity contribution in [2.45, 2.75) is 38.1 Å². The summed E-state index contributed by atoms with van der Waals surface area (Å²) in [5, 5.41) is 4.14. The van der Waals surface area contributed by atoms with Crippen molar-refractivity contribution in [1.82, 2.24) is 15.2 Å². The lowest BCUT2D eigenvalue weighted by atomic mass is 9.97. The number of carbonyl (C=O) groups excluding carboxylic acids is 3. The summed E-state index contributed by atoms with van der Waals surface area (Å²) in [5.41, 5.74) is 4.14. The fraction of sp³-hybridized carbons (Fsp3) is 0.267. The minimum atomic E-state index is -0.923. The van der Waals surface area contributed by atoms with E-state index in [1.54, 1.807) is 12.1 Å². The van der Waals surface area contributed by atoms with Gasteiger partial charge < -0.3 is 14.6 Å². The van der Waals surface area contributed by atoms with E-state index in [2.05, 4.69) is 5.32 Å². The molecule has 1 atom stereocenters. The molecule has 1 fully saturated rings. The second-order valence-electron chi connectivity index (χ2n) is 9.92. The van der Waals surface area contributed by atoms with Crippen LogP contribution in [0, 0.1) is 0 Å². The zero-order valence-electron chi connectivity index (χ0n) is 22.0. The molecule has 4 aromatic rings. The number of nitrogens with one attached hydrogen (secondary N) is 1. The van der Waals surface area contributed by atoms with Gasteiger partial charge in [-0.15, -0.1) is 11.3 Å². The molecule has 2 aliphatic heterocycles. The fourth-order valence-corrected chi connectivity index (χ4v) is 8.14. The zero-order chi connectivity index (χ0) is 28.5. The maximum atomic E-state index is 12.3. The third kappa shape index (κ3) is 5.83. The first-order chi connectivity index (χ1) is 19.9. The first kappa shape index (κ1) is 27.7. The monoisotopic (exact) mass is 607 g/mol. The standard InChI is InChI=1S/C30H26ClN3O5S2/c31-29-22(15-34-25(36)10-11-26(34)37)33-30-28(21-12-13-41(38)17-23(21)40-30)27(29)19-6-8-20(9-7-19)39-16-24(35)32-14-18-4-2-1-3-5-18/h1-9H,10-17H2,(H,32,35). The molecule has 2 aromatic carbocycles. The van der Waals surface area contributed by atoms with Crippen LogP contribution in [0.1, 0.15) is 34.5 Å². The van der Waals surface area contributed by atoms with Crippen molar-refractivity contribution in [1.29, 1.82) is 0 Å². The van der Waals surface area contributed by atoms with Gasteiger partial charge in [-0.2, -0.15) is 0 Å². The van der Waals surface area contributed by atoms with Gasteiger partial charge in [0.05, 0.1) is 22.1 Å². The first-order valence-corrected chi connectivity index (χ1v) is 15.9. The summed E-state index contributed by atoms with van der Waals surface area (Å²) in [7, 11) is 0. The number of halogens is 1. The number of imide groups is 1. The summed E-state index contributed by atoms with van der Waals surface area (Å²) in [6, 6.07) is 17.0. The highest BCUT2D eigenvalue weighted by atomic mass is 35.5. The van der Waals surface area contributed by atoms with E-state index in [1.165, 1.54) is 16.2 Å². The van der Waals surface area contributed by atoms with Crippen LogP contribution < -0.4 is 10.1 Å². The first-order valence-electron chi connectivity index (χ1n) is 13.2. The largest absolute Gasteiger partial charge is 0.616 e. The predicted octanol–water partition coefficient (Wildman–Crippen LogP) is 4.77. The van der Waals surface area contributed by atoms with E-state index in [0.29, 0.717) is 40.9 Å². The number of carbonyl (C=O) groups is 3. The van der Waals surface area contributed by atoms with Gasteiger partial charge in [0.15, 0.2) is 6.61 Å². The molecule has 0 radical (unpaired) electrons. The number of pyridine rings is 1. The molecule has 0 bridgehead atoms. The van der Waals surface area contributed by atoms with E-state index in [4.69, 9.17) is 21.3 Å². The Labute approximate surface area is 248 Å². The molecule has 4 heterocycles. The Hall–Kier alpha value is -3.44. The second kappa shape index (κ2) is 11.8. The number of hydrogen-bond acceptors (Lipinski definition) is 7. The molecule has 0 spiro atoms. The van der Waals surface area contributed by atoms with E-state index >= 15 is 0 Å². The summed E-state index contributed by atoms with van der Waals surface area (Å²) in [5.74, 6) is 0.892. The van der Waals surface area contributed by atoms with Gasteiger partial charge in [-0.1, -0.05) is 54.1 Å². The van der Waals surface area contributed by atoms with Gasteiger partial charge >= 0.3 is 0 Å². The molecule has 11 heteroatoms. The Kier molecular flexibility index (Phi) is 7.99. The third-order valence-corrected chi connectivity index (χ3v) is 10.2. The molecule has 1 N–H and O–H groups in total. The van der Waals surface area contributed by atoms with E-state index in [9.17, 15) is 18.9 Å². The van der Waals surface area contributed by atoms with E-state index in [0.717, 1.165) is 37.3 Å². The Morgan fingerprint density at radius 1 is 1.07 bits per heavy atom. The number of thiophene rings is 1. The SMILES string of the molecule is O=C(COc1ccc(-c2c(Cl)c(CN3C(=O)CCC3=O)nc3sc4c(c23)CC[S+]([O-])C4)cc1)NCc1ccccc1. The van der Waals surface area contributed by atoms with Crippen LogP contribution >= 0.6 is 22.9 Å². The molecular formula is C30H26ClN3O5S2. The lowest BCUT2D eigenvalue weighted by Gasteiger charge is -2.19. The molecule has 6 rings (SSSR count). The van der Waals surface area contributed by atoms with Gasteiger partial charge in [-0.3, -0.25) is 19.3 Å². The number of benzene rings is 2. The number of nitrogens with zero attached hydrogens (tertiary/aromatic N) is 2. The number of aryl methyl sites for hydroxylation is 1. The summed E-state index contributed by atoms with van der Waals surface area (Å²) in [6.45, 7) is 0.310. The Morgan fingerprint density at radius 3 is 2.54 bits per heavy atom. The summed E-state index contributed by atoms with van der Waals surface area (Å²) in [4.78, 5) is 44.8. The number of likely N-dealkylation sites (tertiary alicyclic amines) is 1. The number of ether oxygens (including phenoxy) is 1. The number of hydrogen-bond donors (Lipinski definition) is 1. The molecule has 210 valence electrons. The highest BCUT2D eigenvalue weighted by molar-refractivity contribution is 7.90. The lowest BCUT2D eigenvalue weighted by molar-refractivity contribution is -0.139. The van der Waals surface area contributed by atoms with Crippen LogP contribution in [0.5, 0.6) is 5.75 Å². The van der Waals surface area contributed by atoms with Crippen molar-refractivity contribution in [3.8, 4) is 16.9 Å². The van der Waals surface area contributed by atoms with E-state index in [1.807, 2.05) is 42.5 Å². The van der Waals surface area contributed by atoms with Gasteiger partial charge in [-0.25, -0.2) is 4.98 Å². The van der Waals surface area contributed by atoms with Crippen LogP contribution in [-0.4, -0.2) is 44.5 Å². The molecule has 2 aromatic heterocycles. The van der Waals surface area contributed by atoms with Crippen molar-refractivity contribution in [2.24, 2.45) is 0 Å². The lowest BCUT2D eigenvalue weighted by Crippen LogP contribution is -2.29. The Morgan fingerprint density at radius 2 is 1.80 bits per heavy atom. The topological polar surface area (TPSA) is 112 Å². The Bertz CT molecular complexity index is 1630. The van der Waals surface area contributed by atoms with E-state index in [-0.39, 0.29) is 43.7 Å². The number of aromatic nitrogens is 1. The fourth-order valence-electron chi connectivity index (χ4n) is 5.11. The molecule has 41 heavy (non-hydrogen) atoms. The van der Waals surface area contributed by atoms with Crippen LogP contribution in [0.4, 0.5) is 0 Å².